The van der Waals surface area contributed by atoms with Gasteiger partial charge in [-0.1, -0.05) is 13.3 Å². The Kier molecular flexibility index (Phi) is 5.36. The van der Waals surface area contributed by atoms with Crippen molar-refractivity contribution in [1.82, 2.24) is 19.9 Å². The third-order valence-corrected chi connectivity index (χ3v) is 4.14. The van der Waals surface area contributed by atoms with Crippen molar-refractivity contribution < 1.29 is 14.3 Å². The largest absolute Gasteiger partial charge is 0.493 e. The highest BCUT2D eigenvalue weighted by atomic mass is 16.5. The van der Waals surface area contributed by atoms with Crippen molar-refractivity contribution in [2.24, 2.45) is 0 Å². The van der Waals surface area contributed by atoms with E-state index in [-0.39, 0.29) is 5.91 Å². The van der Waals surface area contributed by atoms with Gasteiger partial charge in [-0.15, -0.1) is 0 Å². The van der Waals surface area contributed by atoms with Crippen LogP contribution in [0.5, 0.6) is 11.5 Å². The van der Waals surface area contributed by atoms with E-state index in [0.717, 1.165) is 24.1 Å². The summed E-state index contributed by atoms with van der Waals surface area (Å²) in [6.07, 6.45) is 5.19. The highest BCUT2D eigenvalue weighted by molar-refractivity contribution is 5.99. The topological polar surface area (TPSA) is 77.8 Å². The second-order valence-electron chi connectivity index (χ2n) is 5.80. The number of unbranched alkanes of at least 4 members (excludes halogenated alkanes) is 1. The number of nitrogens with one attached hydrogen (secondary N) is 1. The number of hydrogen-bond acceptors (Lipinski definition) is 5. The molecular weight excluding hydrogens is 332 g/mol. The van der Waals surface area contributed by atoms with E-state index in [1.54, 1.807) is 31.1 Å². The van der Waals surface area contributed by atoms with Crippen LogP contribution in [-0.4, -0.2) is 41.3 Å². The van der Waals surface area contributed by atoms with Crippen LogP contribution in [0.4, 0.5) is 0 Å². The molecule has 0 saturated heterocycles. The van der Waals surface area contributed by atoms with E-state index in [1.807, 2.05) is 24.3 Å². The molecule has 1 amide bonds. The predicted molar refractivity (Wildman–Crippen MR) is 98.8 cm³/mol. The molecule has 3 aromatic rings. The number of rotatable bonds is 7. The maximum atomic E-state index is 12.4. The van der Waals surface area contributed by atoms with Crippen LogP contribution < -0.4 is 14.8 Å². The van der Waals surface area contributed by atoms with Gasteiger partial charge in [0.05, 0.1) is 26.1 Å². The van der Waals surface area contributed by atoms with Gasteiger partial charge in [0, 0.05) is 18.3 Å². The Morgan fingerprint density at radius 1 is 1.19 bits per heavy atom. The maximum Gasteiger partial charge on any atom is 0.256 e. The Hall–Kier alpha value is -3.09. The molecule has 7 nitrogen and oxygen atoms in total. The van der Waals surface area contributed by atoms with E-state index < -0.39 is 0 Å². The van der Waals surface area contributed by atoms with Gasteiger partial charge in [-0.25, -0.2) is 9.50 Å². The highest BCUT2D eigenvalue weighted by Gasteiger charge is 2.16. The molecule has 0 radical (unpaired) electrons. The van der Waals surface area contributed by atoms with Gasteiger partial charge in [-0.3, -0.25) is 4.79 Å². The Morgan fingerprint density at radius 3 is 2.73 bits per heavy atom. The molecule has 2 aromatic heterocycles. The number of ether oxygens (including phenoxy) is 2. The van der Waals surface area contributed by atoms with Crippen molar-refractivity contribution >= 4 is 11.6 Å². The van der Waals surface area contributed by atoms with E-state index >= 15 is 0 Å². The monoisotopic (exact) mass is 354 g/mol. The van der Waals surface area contributed by atoms with Crippen LogP contribution in [-0.2, 0) is 0 Å². The standard InChI is InChI=1S/C19H22N4O3/c1-4-5-9-21-19(24)14-12-22-23-15(8-10-20-18(14)23)13-6-7-16(25-2)17(11-13)26-3/h6-8,10-12H,4-5,9H2,1-3H3,(H,21,24). The normalized spacial score (nSPS) is 10.7. The Balaban J connectivity index is 2.00. The van der Waals surface area contributed by atoms with Gasteiger partial charge in [0.1, 0.15) is 5.56 Å². The highest BCUT2D eigenvalue weighted by Crippen LogP contribution is 2.32. The fourth-order valence-corrected chi connectivity index (χ4v) is 2.74. The van der Waals surface area contributed by atoms with Gasteiger partial charge in [-0.2, -0.15) is 5.10 Å². The fourth-order valence-electron chi connectivity index (χ4n) is 2.74. The lowest BCUT2D eigenvalue weighted by molar-refractivity contribution is 0.0954. The third-order valence-electron chi connectivity index (χ3n) is 4.14. The molecule has 2 heterocycles. The van der Waals surface area contributed by atoms with Crippen molar-refractivity contribution in [2.45, 2.75) is 19.8 Å². The number of fused-ring (bicyclic) bond motifs is 1. The molecule has 3 rings (SSSR count). The molecule has 0 atom stereocenters. The van der Waals surface area contributed by atoms with Gasteiger partial charge >= 0.3 is 0 Å². The first kappa shape index (κ1) is 17.7. The first-order valence-electron chi connectivity index (χ1n) is 8.53. The Morgan fingerprint density at radius 2 is 2.00 bits per heavy atom. The van der Waals surface area contributed by atoms with Crippen molar-refractivity contribution in [3.63, 3.8) is 0 Å². The number of carbonyl (C=O) groups is 1. The summed E-state index contributed by atoms with van der Waals surface area (Å²) >= 11 is 0. The van der Waals surface area contributed by atoms with Crippen LogP contribution >= 0.6 is 0 Å². The van der Waals surface area contributed by atoms with Gasteiger partial charge in [0.15, 0.2) is 17.1 Å². The van der Waals surface area contributed by atoms with E-state index in [0.29, 0.717) is 29.3 Å². The lowest BCUT2D eigenvalue weighted by Crippen LogP contribution is -2.24. The molecule has 0 aliphatic rings. The summed E-state index contributed by atoms with van der Waals surface area (Å²) in [7, 11) is 3.19. The molecule has 7 heteroatoms. The van der Waals surface area contributed by atoms with Crippen molar-refractivity contribution in [3.8, 4) is 22.8 Å². The van der Waals surface area contributed by atoms with E-state index in [1.165, 1.54) is 0 Å². The molecular formula is C19H22N4O3. The average Bonchev–Trinajstić information content (AvgIpc) is 3.11. The second kappa shape index (κ2) is 7.86. The predicted octanol–water partition coefficient (Wildman–Crippen LogP) is 2.94. The van der Waals surface area contributed by atoms with Crippen LogP contribution in [0, 0.1) is 0 Å². The molecule has 26 heavy (non-hydrogen) atoms. The Bertz CT molecular complexity index is 920. The minimum Gasteiger partial charge on any atom is -0.493 e. The zero-order chi connectivity index (χ0) is 18.5. The van der Waals surface area contributed by atoms with E-state index in [2.05, 4.69) is 22.3 Å². The van der Waals surface area contributed by atoms with Crippen LogP contribution in [0.25, 0.3) is 16.9 Å². The van der Waals surface area contributed by atoms with E-state index in [9.17, 15) is 4.79 Å². The molecule has 1 N–H and O–H groups in total. The molecule has 0 unspecified atom stereocenters. The smallest absolute Gasteiger partial charge is 0.256 e. The molecule has 0 saturated carbocycles. The summed E-state index contributed by atoms with van der Waals surface area (Å²) in [4.78, 5) is 16.7. The van der Waals surface area contributed by atoms with Gasteiger partial charge in [0.2, 0.25) is 0 Å². The van der Waals surface area contributed by atoms with Gasteiger partial charge in [0.25, 0.3) is 5.91 Å². The van der Waals surface area contributed by atoms with Crippen molar-refractivity contribution in [1.29, 1.82) is 0 Å². The number of amides is 1. The van der Waals surface area contributed by atoms with Crippen LogP contribution in [0.1, 0.15) is 30.1 Å². The first-order valence-corrected chi connectivity index (χ1v) is 8.53. The summed E-state index contributed by atoms with van der Waals surface area (Å²) in [5.74, 6) is 1.11. The number of benzene rings is 1. The zero-order valence-electron chi connectivity index (χ0n) is 15.2. The molecule has 0 aliphatic carbocycles. The van der Waals surface area contributed by atoms with Crippen LogP contribution in [0.15, 0.2) is 36.7 Å². The molecule has 136 valence electrons. The third kappa shape index (κ3) is 3.33. The Labute approximate surface area is 152 Å². The average molecular weight is 354 g/mol. The number of carbonyl (C=O) groups excluding carboxylic acids is 1. The summed E-state index contributed by atoms with van der Waals surface area (Å²) < 4.78 is 12.3. The number of hydrogen-bond donors (Lipinski definition) is 1. The quantitative estimate of drug-likeness (QED) is 0.660. The summed E-state index contributed by atoms with van der Waals surface area (Å²) in [6.45, 7) is 2.72. The summed E-state index contributed by atoms with van der Waals surface area (Å²) in [5.41, 5.74) is 2.68. The summed E-state index contributed by atoms with van der Waals surface area (Å²) in [6, 6.07) is 7.47. The maximum absolute atomic E-state index is 12.4. The first-order chi connectivity index (χ1) is 12.7. The lowest BCUT2D eigenvalue weighted by Gasteiger charge is -2.10. The summed E-state index contributed by atoms with van der Waals surface area (Å²) in [5, 5.41) is 7.27. The fraction of sp³-hybridized carbons (Fsp3) is 0.316. The van der Waals surface area contributed by atoms with Gasteiger partial charge in [-0.05, 0) is 30.7 Å². The minimum absolute atomic E-state index is 0.162. The molecule has 0 aliphatic heterocycles. The van der Waals surface area contributed by atoms with E-state index in [4.69, 9.17) is 9.47 Å². The molecule has 1 aromatic carbocycles. The van der Waals surface area contributed by atoms with Crippen molar-refractivity contribution in [2.75, 3.05) is 20.8 Å². The molecule has 0 bridgehead atoms. The molecule has 0 spiro atoms. The lowest BCUT2D eigenvalue weighted by atomic mass is 10.1. The SMILES string of the molecule is CCCCNC(=O)c1cnn2c(-c3ccc(OC)c(OC)c3)ccnc12. The molecule has 0 fully saturated rings. The number of nitrogens with zero attached hydrogens (tertiary/aromatic N) is 3. The zero-order valence-corrected chi connectivity index (χ0v) is 15.2. The minimum atomic E-state index is -0.162. The van der Waals surface area contributed by atoms with Gasteiger partial charge < -0.3 is 14.8 Å². The second-order valence-corrected chi connectivity index (χ2v) is 5.80. The number of methoxy groups -OCH3 is 2. The van der Waals surface area contributed by atoms with Crippen LogP contribution in [0.2, 0.25) is 0 Å². The number of aromatic nitrogens is 3. The van der Waals surface area contributed by atoms with Crippen molar-refractivity contribution in [3.05, 3.63) is 42.2 Å². The van der Waals surface area contributed by atoms with Crippen LogP contribution in [0.3, 0.4) is 0 Å².